The van der Waals surface area contributed by atoms with Gasteiger partial charge in [-0.2, -0.15) is 0 Å². The molecule has 5 nitrogen and oxygen atoms in total. The van der Waals surface area contributed by atoms with Crippen molar-refractivity contribution in [3.8, 4) is 11.5 Å². The average Bonchev–Trinajstić information content (AvgIpc) is 2.39. The van der Waals surface area contributed by atoms with Gasteiger partial charge in [-0.05, 0) is 30.7 Å². The van der Waals surface area contributed by atoms with E-state index in [0.717, 1.165) is 23.8 Å². The molecule has 6 heteroatoms. The first-order valence-corrected chi connectivity index (χ1v) is 5.94. The summed E-state index contributed by atoms with van der Waals surface area (Å²) in [6.45, 7) is 1.84. The van der Waals surface area contributed by atoms with Crippen LogP contribution in [0.1, 0.15) is 18.5 Å². The minimum atomic E-state index is -0.620. The fourth-order valence-electron chi connectivity index (χ4n) is 1.69. The predicted octanol–water partition coefficient (Wildman–Crippen LogP) is 3.55. The van der Waals surface area contributed by atoms with Crippen molar-refractivity contribution in [3.63, 3.8) is 0 Å². The number of nitro benzene ring substituents is 1. The van der Waals surface area contributed by atoms with E-state index in [4.69, 9.17) is 10.5 Å². The lowest BCUT2D eigenvalue weighted by atomic mass is 10.1. The molecule has 2 rings (SSSR count). The lowest BCUT2D eigenvalue weighted by Crippen LogP contribution is -2.04. The molecule has 2 N–H and O–H groups in total. The maximum atomic E-state index is 13.2. The van der Waals surface area contributed by atoms with Crippen molar-refractivity contribution in [2.75, 3.05) is 0 Å². The van der Waals surface area contributed by atoms with E-state index in [1.165, 1.54) is 0 Å². The van der Waals surface area contributed by atoms with Crippen LogP contribution < -0.4 is 10.5 Å². The average molecular weight is 276 g/mol. The van der Waals surface area contributed by atoms with Gasteiger partial charge in [-0.3, -0.25) is 10.1 Å². The Bertz CT molecular complexity index is 627. The van der Waals surface area contributed by atoms with Crippen LogP contribution in [0.15, 0.2) is 42.5 Å². The van der Waals surface area contributed by atoms with Crippen molar-refractivity contribution < 1.29 is 14.1 Å². The van der Waals surface area contributed by atoms with Crippen LogP contribution in [0.4, 0.5) is 10.1 Å². The van der Waals surface area contributed by atoms with Gasteiger partial charge in [0.05, 0.1) is 4.92 Å². The van der Waals surface area contributed by atoms with Gasteiger partial charge in [0.15, 0.2) is 0 Å². The zero-order valence-corrected chi connectivity index (χ0v) is 10.7. The quantitative estimate of drug-likeness (QED) is 0.684. The highest BCUT2D eigenvalue weighted by Crippen LogP contribution is 2.32. The fourth-order valence-corrected chi connectivity index (χ4v) is 1.69. The number of ether oxygens (including phenoxy) is 1. The third-order valence-electron chi connectivity index (χ3n) is 2.75. The van der Waals surface area contributed by atoms with Gasteiger partial charge in [-0.25, -0.2) is 4.39 Å². The van der Waals surface area contributed by atoms with Crippen LogP contribution in [0.25, 0.3) is 0 Å². The molecule has 0 aliphatic rings. The summed E-state index contributed by atoms with van der Waals surface area (Å²) in [7, 11) is 0. The lowest BCUT2D eigenvalue weighted by Gasteiger charge is -2.09. The summed E-state index contributed by atoms with van der Waals surface area (Å²) < 4.78 is 18.5. The Balaban J connectivity index is 2.29. The molecule has 104 valence electrons. The van der Waals surface area contributed by atoms with Crippen molar-refractivity contribution in [1.82, 2.24) is 0 Å². The highest BCUT2D eigenvalue weighted by atomic mass is 19.1. The highest BCUT2D eigenvalue weighted by Gasteiger charge is 2.16. The van der Waals surface area contributed by atoms with Crippen molar-refractivity contribution >= 4 is 5.69 Å². The van der Waals surface area contributed by atoms with Crippen LogP contribution in [0.5, 0.6) is 11.5 Å². The normalized spacial score (nSPS) is 11.9. The second-order valence-electron chi connectivity index (χ2n) is 4.33. The molecule has 2 aromatic rings. The predicted molar refractivity (Wildman–Crippen MR) is 72.2 cm³/mol. The molecule has 0 fully saturated rings. The third-order valence-corrected chi connectivity index (χ3v) is 2.75. The molecule has 0 amide bonds. The van der Waals surface area contributed by atoms with Crippen molar-refractivity contribution in [2.45, 2.75) is 13.0 Å². The van der Waals surface area contributed by atoms with E-state index in [0.29, 0.717) is 5.75 Å². The number of rotatable bonds is 4. The zero-order chi connectivity index (χ0) is 14.7. The molecule has 0 aromatic heterocycles. The van der Waals surface area contributed by atoms with E-state index in [9.17, 15) is 14.5 Å². The van der Waals surface area contributed by atoms with Gasteiger partial charge in [0.2, 0.25) is 5.75 Å². The Morgan fingerprint density at radius 1 is 1.25 bits per heavy atom. The Morgan fingerprint density at radius 3 is 2.45 bits per heavy atom. The van der Waals surface area contributed by atoms with E-state index < -0.39 is 10.7 Å². The Kier molecular flexibility index (Phi) is 3.95. The summed E-state index contributed by atoms with van der Waals surface area (Å²) in [4.78, 5) is 10.2. The van der Waals surface area contributed by atoms with Gasteiger partial charge in [0.1, 0.15) is 11.6 Å². The van der Waals surface area contributed by atoms with E-state index in [2.05, 4.69) is 0 Å². The first-order valence-electron chi connectivity index (χ1n) is 5.94. The molecule has 20 heavy (non-hydrogen) atoms. The maximum absolute atomic E-state index is 13.2. The van der Waals surface area contributed by atoms with E-state index in [-0.39, 0.29) is 17.5 Å². The number of halogens is 1. The van der Waals surface area contributed by atoms with Crippen LogP contribution >= 0.6 is 0 Å². The van der Waals surface area contributed by atoms with Gasteiger partial charge in [0, 0.05) is 18.2 Å². The van der Waals surface area contributed by atoms with Crippen LogP contribution in [-0.2, 0) is 0 Å². The standard InChI is InChI=1S/C14H13FN2O3/c1-9(16)10-2-5-12(6-3-10)20-14-8-11(15)4-7-13(14)17(18)19/h2-9H,16H2,1H3/t9-/m1/s1. The molecule has 0 radical (unpaired) electrons. The van der Waals surface area contributed by atoms with Gasteiger partial charge >= 0.3 is 5.69 Å². The third kappa shape index (κ3) is 3.10. The molecule has 0 heterocycles. The largest absolute Gasteiger partial charge is 0.450 e. The van der Waals surface area contributed by atoms with Crippen LogP contribution in [0.2, 0.25) is 0 Å². The van der Waals surface area contributed by atoms with Crippen LogP contribution in [0, 0.1) is 15.9 Å². The Labute approximate surface area is 114 Å². The fraction of sp³-hybridized carbons (Fsp3) is 0.143. The van der Waals surface area contributed by atoms with Crippen LogP contribution in [-0.4, -0.2) is 4.92 Å². The number of hydrogen-bond acceptors (Lipinski definition) is 4. The molecular weight excluding hydrogens is 263 g/mol. The molecule has 0 unspecified atom stereocenters. The van der Waals surface area contributed by atoms with Gasteiger partial charge in [-0.1, -0.05) is 12.1 Å². The molecule has 0 saturated heterocycles. The number of nitrogens with two attached hydrogens (primary N) is 1. The Morgan fingerprint density at radius 2 is 1.90 bits per heavy atom. The molecule has 0 aliphatic heterocycles. The van der Waals surface area contributed by atoms with Gasteiger partial charge in [0.25, 0.3) is 0 Å². The summed E-state index contributed by atoms with van der Waals surface area (Å²) in [5, 5.41) is 10.9. The zero-order valence-electron chi connectivity index (χ0n) is 10.7. The Hall–Kier alpha value is -2.47. The summed E-state index contributed by atoms with van der Waals surface area (Å²) in [5.41, 5.74) is 6.34. The minimum absolute atomic E-state index is 0.118. The minimum Gasteiger partial charge on any atom is -0.450 e. The number of hydrogen-bond donors (Lipinski definition) is 1. The molecule has 0 bridgehead atoms. The van der Waals surface area contributed by atoms with E-state index >= 15 is 0 Å². The second kappa shape index (κ2) is 5.66. The molecule has 1 atom stereocenters. The summed E-state index contributed by atoms with van der Waals surface area (Å²) in [6, 6.07) is 9.73. The monoisotopic (exact) mass is 276 g/mol. The highest BCUT2D eigenvalue weighted by molar-refractivity contribution is 5.48. The lowest BCUT2D eigenvalue weighted by molar-refractivity contribution is -0.385. The molecule has 2 aromatic carbocycles. The first-order chi connectivity index (χ1) is 9.47. The van der Waals surface area contributed by atoms with E-state index in [1.807, 2.05) is 6.92 Å². The van der Waals surface area contributed by atoms with Crippen molar-refractivity contribution in [3.05, 3.63) is 64.0 Å². The SMILES string of the molecule is C[C@@H](N)c1ccc(Oc2cc(F)ccc2[N+](=O)[O-])cc1. The van der Waals surface area contributed by atoms with Crippen molar-refractivity contribution in [2.24, 2.45) is 5.73 Å². The summed E-state index contributed by atoms with van der Waals surface area (Å²) in [5.74, 6) is -0.357. The van der Waals surface area contributed by atoms with Crippen molar-refractivity contribution in [1.29, 1.82) is 0 Å². The maximum Gasteiger partial charge on any atom is 0.311 e. The van der Waals surface area contributed by atoms with Gasteiger partial charge in [-0.15, -0.1) is 0 Å². The molecular formula is C14H13FN2O3. The second-order valence-corrected chi connectivity index (χ2v) is 4.33. The van der Waals surface area contributed by atoms with E-state index in [1.54, 1.807) is 24.3 Å². The number of nitrogens with zero attached hydrogens (tertiary/aromatic N) is 1. The van der Waals surface area contributed by atoms with Crippen LogP contribution in [0.3, 0.4) is 0 Å². The van der Waals surface area contributed by atoms with Gasteiger partial charge < -0.3 is 10.5 Å². The smallest absolute Gasteiger partial charge is 0.311 e. The summed E-state index contributed by atoms with van der Waals surface area (Å²) >= 11 is 0. The summed E-state index contributed by atoms with van der Waals surface area (Å²) in [6.07, 6.45) is 0. The number of nitro groups is 1. The molecule has 0 aliphatic carbocycles. The molecule has 0 spiro atoms. The number of benzene rings is 2. The topological polar surface area (TPSA) is 78.4 Å². The molecule has 0 saturated carbocycles. The first kappa shape index (κ1) is 14.0.